The van der Waals surface area contributed by atoms with E-state index in [1.54, 1.807) is 13.4 Å². The van der Waals surface area contributed by atoms with Gasteiger partial charge in [-0.1, -0.05) is 35.5 Å². The predicted octanol–water partition coefficient (Wildman–Crippen LogP) is 3.96. The van der Waals surface area contributed by atoms with Crippen molar-refractivity contribution >= 4 is 10.9 Å². The highest BCUT2D eigenvalue weighted by Crippen LogP contribution is 2.31. The van der Waals surface area contributed by atoms with Crippen LogP contribution in [0.3, 0.4) is 0 Å². The van der Waals surface area contributed by atoms with Gasteiger partial charge in [-0.3, -0.25) is 0 Å². The van der Waals surface area contributed by atoms with Crippen LogP contribution < -0.4 is 4.74 Å². The maximum atomic E-state index is 5.18. The number of benzene rings is 2. The van der Waals surface area contributed by atoms with Gasteiger partial charge in [0.2, 0.25) is 0 Å². The van der Waals surface area contributed by atoms with Crippen LogP contribution in [-0.4, -0.2) is 22.5 Å². The number of aromatic nitrogens is 3. The van der Waals surface area contributed by atoms with Crippen molar-refractivity contribution in [3.05, 3.63) is 60.9 Å². The van der Waals surface area contributed by atoms with Crippen molar-refractivity contribution in [3.63, 3.8) is 0 Å². The van der Waals surface area contributed by atoms with Crippen LogP contribution in [0.2, 0.25) is 0 Å². The first-order valence-corrected chi connectivity index (χ1v) is 7.17. The minimum atomic E-state index is 0.691. The SMILES string of the molecule is COc1ccc(-c2nnc(-c3ccccc3)c3conc23)cc1. The fraction of sp³-hybridized carbons (Fsp3) is 0.0556. The molecular weight excluding hydrogens is 290 g/mol. The second-order valence-corrected chi connectivity index (χ2v) is 5.07. The standard InChI is InChI=1S/C18H13N3O2/c1-22-14-9-7-13(8-10-14)17-18-15(11-23-21-18)16(19-20-17)12-5-3-2-4-6-12/h2-11H,1H3. The average molecular weight is 303 g/mol. The molecule has 2 heterocycles. The summed E-state index contributed by atoms with van der Waals surface area (Å²) in [5.74, 6) is 0.791. The molecule has 0 aliphatic heterocycles. The summed E-state index contributed by atoms with van der Waals surface area (Å²) in [6.07, 6.45) is 1.61. The van der Waals surface area contributed by atoms with Gasteiger partial charge in [-0.2, -0.15) is 0 Å². The van der Waals surface area contributed by atoms with Crippen LogP contribution in [0.5, 0.6) is 5.75 Å². The van der Waals surface area contributed by atoms with Crippen LogP contribution in [0.25, 0.3) is 33.4 Å². The fourth-order valence-corrected chi connectivity index (χ4v) is 2.53. The molecule has 0 unspecified atom stereocenters. The van der Waals surface area contributed by atoms with Crippen molar-refractivity contribution in [2.45, 2.75) is 0 Å². The zero-order valence-electron chi connectivity index (χ0n) is 12.4. The lowest BCUT2D eigenvalue weighted by Gasteiger charge is -2.05. The van der Waals surface area contributed by atoms with E-state index in [1.807, 2.05) is 54.6 Å². The summed E-state index contributed by atoms with van der Waals surface area (Å²) < 4.78 is 10.4. The summed E-state index contributed by atoms with van der Waals surface area (Å²) in [6.45, 7) is 0. The van der Waals surface area contributed by atoms with Gasteiger partial charge < -0.3 is 9.26 Å². The average Bonchev–Trinajstić information content (AvgIpc) is 3.11. The lowest BCUT2D eigenvalue weighted by molar-refractivity contribution is 0.415. The highest BCUT2D eigenvalue weighted by atomic mass is 16.5. The van der Waals surface area contributed by atoms with Gasteiger partial charge in [-0.15, -0.1) is 10.2 Å². The second-order valence-electron chi connectivity index (χ2n) is 5.07. The Labute approximate surface area is 132 Å². The smallest absolute Gasteiger partial charge is 0.144 e. The number of ether oxygens (including phenoxy) is 1. The van der Waals surface area contributed by atoms with E-state index >= 15 is 0 Å². The third kappa shape index (κ3) is 2.32. The van der Waals surface area contributed by atoms with Crippen molar-refractivity contribution in [2.75, 3.05) is 7.11 Å². The minimum absolute atomic E-state index is 0.691. The van der Waals surface area contributed by atoms with E-state index in [2.05, 4.69) is 15.4 Å². The highest BCUT2D eigenvalue weighted by molar-refractivity contribution is 5.98. The Balaban J connectivity index is 1.88. The molecule has 0 aliphatic rings. The molecule has 0 saturated heterocycles. The number of rotatable bonds is 3. The van der Waals surface area contributed by atoms with Gasteiger partial charge in [0.25, 0.3) is 0 Å². The quantitative estimate of drug-likeness (QED) is 0.573. The fourth-order valence-electron chi connectivity index (χ4n) is 2.53. The maximum Gasteiger partial charge on any atom is 0.144 e. The summed E-state index contributed by atoms with van der Waals surface area (Å²) in [4.78, 5) is 0. The van der Waals surface area contributed by atoms with E-state index in [9.17, 15) is 0 Å². The Morgan fingerprint density at radius 3 is 2.26 bits per heavy atom. The Hall–Kier alpha value is -3.21. The normalized spacial score (nSPS) is 10.8. The van der Waals surface area contributed by atoms with E-state index in [0.717, 1.165) is 28.0 Å². The summed E-state index contributed by atoms with van der Waals surface area (Å²) in [5.41, 5.74) is 4.05. The zero-order valence-corrected chi connectivity index (χ0v) is 12.4. The van der Waals surface area contributed by atoms with Crippen LogP contribution >= 0.6 is 0 Å². The molecule has 4 rings (SSSR count). The van der Waals surface area contributed by atoms with Gasteiger partial charge in [-0.05, 0) is 24.3 Å². The predicted molar refractivity (Wildman–Crippen MR) is 87.0 cm³/mol. The molecule has 0 N–H and O–H groups in total. The van der Waals surface area contributed by atoms with Gasteiger partial charge >= 0.3 is 0 Å². The molecule has 112 valence electrons. The van der Waals surface area contributed by atoms with Gasteiger partial charge in [0.1, 0.15) is 28.9 Å². The second kappa shape index (κ2) is 5.53. The summed E-state index contributed by atoms with van der Waals surface area (Å²) >= 11 is 0. The summed E-state index contributed by atoms with van der Waals surface area (Å²) in [7, 11) is 1.64. The lowest BCUT2D eigenvalue weighted by Crippen LogP contribution is -1.94. The molecule has 5 nitrogen and oxygen atoms in total. The molecule has 0 saturated carbocycles. The molecule has 4 aromatic rings. The monoisotopic (exact) mass is 303 g/mol. The number of nitrogens with zero attached hydrogens (tertiary/aromatic N) is 3. The van der Waals surface area contributed by atoms with Crippen LogP contribution in [0, 0.1) is 0 Å². The number of methoxy groups -OCH3 is 1. The van der Waals surface area contributed by atoms with Gasteiger partial charge in [0, 0.05) is 11.1 Å². The molecule has 2 aromatic heterocycles. The van der Waals surface area contributed by atoms with E-state index in [-0.39, 0.29) is 0 Å². The Morgan fingerprint density at radius 1 is 0.826 bits per heavy atom. The molecule has 23 heavy (non-hydrogen) atoms. The molecule has 2 aromatic carbocycles. The number of hydrogen-bond acceptors (Lipinski definition) is 5. The first-order chi connectivity index (χ1) is 11.4. The Bertz CT molecular complexity index is 947. The van der Waals surface area contributed by atoms with E-state index in [4.69, 9.17) is 9.26 Å². The first kappa shape index (κ1) is 13.5. The largest absolute Gasteiger partial charge is 0.497 e. The Kier molecular flexibility index (Phi) is 3.24. The highest BCUT2D eigenvalue weighted by Gasteiger charge is 2.15. The van der Waals surface area contributed by atoms with Crippen molar-refractivity contribution in [1.29, 1.82) is 0 Å². The third-order valence-corrected chi connectivity index (χ3v) is 3.71. The minimum Gasteiger partial charge on any atom is -0.497 e. The van der Waals surface area contributed by atoms with Crippen LogP contribution in [0.1, 0.15) is 0 Å². The maximum absolute atomic E-state index is 5.18. The Morgan fingerprint density at radius 2 is 1.52 bits per heavy atom. The van der Waals surface area contributed by atoms with Crippen molar-refractivity contribution in [2.24, 2.45) is 0 Å². The van der Waals surface area contributed by atoms with Crippen molar-refractivity contribution in [3.8, 4) is 28.3 Å². The molecule has 0 spiro atoms. The van der Waals surface area contributed by atoms with Crippen molar-refractivity contribution in [1.82, 2.24) is 15.4 Å². The summed E-state index contributed by atoms with van der Waals surface area (Å²) in [6, 6.07) is 17.5. The van der Waals surface area contributed by atoms with Crippen molar-refractivity contribution < 1.29 is 9.26 Å². The van der Waals surface area contributed by atoms with Crippen LogP contribution in [0.15, 0.2) is 65.4 Å². The molecule has 0 bridgehead atoms. The van der Waals surface area contributed by atoms with Gasteiger partial charge in [0.05, 0.1) is 12.5 Å². The van der Waals surface area contributed by atoms with E-state index in [1.165, 1.54) is 0 Å². The topological polar surface area (TPSA) is 61.0 Å². The molecule has 0 aliphatic carbocycles. The van der Waals surface area contributed by atoms with E-state index < -0.39 is 0 Å². The number of fused-ring (bicyclic) bond motifs is 1. The van der Waals surface area contributed by atoms with Gasteiger partial charge in [-0.25, -0.2) is 0 Å². The summed E-state index contributed by atoms with van der Waals surface area (Å²) in [5, 5.41) is 13.7. The molecular formula is C18H13N3O2. The van der Waals surface area contributed by atoms with Gasteiger partial charge in [0.15, 0.2) is 0 Å². The molecule has 0 atom stereocenters. The zero-order chi connectivity index (χ0) is 15.6. The molecule has 0 amide bonds. The van der Waals surface area contributed by atoms with Crippen LogP contribution in [-0.2, 0) is 0 Å². The molecule has 0 fully saturated rings. The number of hydrogen-bond donors (Lipinski definition) is 0. The van der Waals surface area contributed by atoms with E-state index in [0.29, 0.717) is 11.2 Å². The molecule has 5 heteroatoms. The first-order valence-electron chi connectivity index (χ1n) is 7.17. The lowest BCUT2D eigenvalue weighted by atomic mass is 10.1. The van der Waals surface area contributed by atoms with Crippen LogP contribution in [0.4, 0.5) is 0 Å². The third-order valence-electron chi connectivity index (χ3n) is 3.71. The molecule has 0 radical (unpaired) electrons.